The van der Waals surface area contributed by atoms with Crippen LogP contribution in [0, 0.1) is 5.92 Å². The Hall–Kier alpha value is -0.660. The van der Waals surface area contributed by atoms with Crippen LogP contribution in [0.5, 0.6) is 0 Å². The van der Waals surface area contributed by atoms with E-state index in [9.17, 15) is 13.2 Å². The van der Waals surface area contributed by atoms with Crippen molar-refractivity contribution in [1.82, 2.24) is 4.31 Å². The van der Waals surface area contributed by atoms with Gasteiger partial charge in [-0.2, -0.15) is 4.31 Å². The molecule has 94 valence electrons. The quantitative estimate of drug-likeness (QED) is 0.661. The second kappa shape index (κ2) is 5.11. The first-order valence-electron chi connectivity index (χ1n) is 5.09. The minimum atomic E-state index is -3.67. The lowest BCUT2D eigenvalue weighted by Gasteiger charge is -2.23. The van der Waals surface area contributed by atoms with Crippen LogP contribution in [-0.2, 0) is 19.6 Å². The van der Waals surface area contributed by atoms with E-state index in [0.29, 0.717) is 13.0 Å². The van der Waals surface area contributed by atoms with Crippen molar-refractivity contribution in [2.45, 2.75) is 19.4 Å². The molecule has 0 aliphatic carbocycles. The van der Waals surface area contributed by atoms with Crippen LogP contribution in [0.3, 0.4) is 0 Å². The molecule has 1 aliphatic heterocycles. The normalized spacial score (nSPS) is 26.9. The lowest BCUT2D eigenvalue weighted by molar-refractivity contribution is -0.137. The first-order chi connectivity index (χ1) is 7.42. The van der Waals surface area contributed by atoms with E-state index in [1.165, 1.54) is 4.31 Å². The third-order valence-corrected chi connectivity index (χ3v) is 4.67. The summed E-state index contributed by atoms with van der Waals surface area (Å²) >= 11 is 0. The van der Waals surface area contributed by atoms with Gasteiger partial charge in [0.25, 0.3) is 0 Å². The van der Waals surface area contributed by atoms with Crippen molar-refractivity contribution in [3.05, 3.63) is 0 Å². The minimum absolute atomic E-state index is 0.109. The average molecular weight is 251 g/mol. The number of aliphatic hydroxyl groups excluding tert-OH is 1. The highest BCUT2D eigenvalue weighted by molar-refractivity contribution is 7.89. The van der Waals surface area contributed by atoms with Gasteiger partial charge < -0.3 is 9.84 Å². The molecule has 0 saturated carbocycles. The summed E-state index contributed by atoms with van der Waals surface area (Å²) in [6.07, 6.45) is 0.700. The van der Waals surface area contributed by atoms with Crippen LogP contribution in [0.1, 0.15) is 13.3 Å². The molecule has 2 atom stereocenters. The number of sulfonamides is 1. The zero-order chi connectivity index (χ0) is 12.3. The number of nitrogens with zero attached hydrogens (tertiary/aromatic N) is 1. The fourth-order valence-corrected chi connectivity index (χ4v) is 3.53. The zero-order valence-corrected chi connectivity index (χ0v) is 10.2. The highest BCUT2D eigenvalue weighted by Crippen LogP contribution is 2.26. The summed E-state index contributed by atoms with van der Waals surface area (Å²) in [7, 11) is -2.52. The molecular weight excluding hydrogens is 234 g/mol. The van der Waals surface area contributed by atoms with E-state index in [0.717, 1.165) is 7.11 Å². The molecule has 0 amide bonds. The van der Waals surface area contributed by atoms with Gasteiger partial charge >= 0.3 is 5.97 Å². The maximum absolute atomic E-state index is 11.8. The number of ether oxygens (including phenoxy) is 1. The Morgan fingerprint density at radius 2 is 2.19 bits per heavy atom. The predicted molar refractivity (Wildman–Crippen MR) is 57.2 cm³/mol. The fraction of sp³-hybridized carbons (Fsp3) is 0.889. The van der Waals surface area contributed by atoms with Crippen LogP contribution in [0.25, 0.3) is 0 Å². The van der Waals surface area contributed by atoms with Crippen molar-refractivity contribution in [3.63, 3.8) is 0 Å². The molecule has 16 heavy (non-hydrogen) atoms. The molecule has 7 heteroatoms. The third-order valence-electron chi connectivity index (χ3n) is 2.90. The molecule has 1 heterocycles. The predicted octanol–water partition coefficient (Wildman–Crippen LogP) is -0.808. The van der Waals surface area contributed by atoms with Gasteiger partial charge in [0.05, 0.1) is 19.8 Å². The molecule has 0 aromatic heterocycles. The van der Waals surface area contributed by atoms with Crippen molar-refractivity contribution >= 4 is 16.0 Å². The molecule has 0 radical (unpaired) electrons. The lowest BCUT2D eigenvalue weighted by atomic mass is 10.0. The molecule has 0 spiro atoms. The number of hydrogen-bond donors (Lipinski definition) is 1. The summed E-state index contributed by atoms with van der Waals surface area (Å²) in [6.45, 7) is 2.02. The average Bonchev–Trinajstić information content (AvgIpc) is 2.59. The van der Waals surface area contributed by atoms with E-state index >= 15 is 0 Å². The van der Waals surface area contributed by atoms with Crippen molar-refractivity contribution in [3.8, 4) is 0 Å². The van der Waals surface area contributed by atoms with E-state index < -0.39 is 27.8 Å². The SMILES string of the molecule is COC(=O)CS(=O)(=O)N1CCC(C)C1CO. The topological polar surface area (TPSA) is 83.9 Å². The highest BCUT2D eigenvalue weighted by atomic mass is 32.2. The molecule has 0 aromatic rings. The Morgan fingerprint density at radius 1 is 1.56 bits per heavy atom. The van der Waals surface area contributed by atoms with Crippen molar-refractivity contribution in [1.29, 1.82) is 0 Å². The van der Waals surface area contributed by atoms with Crippen molar-refractivity contribution in [2.24, 2.45) is 5.92 Å². The van der Waals surface area contributed by atoms with Gasteiger partial charge in [-0.15, -0.1) is 0 Å². The largest absolute Gasteiger partial charge is 0.468 e. The molecule has 6 nitrogen and oxygen atoms in total. The Bertz CT molecular complexity index is 353. The molecular formula is C9H17NO5S. The lowest BCUT2D eigenvalue weighted by Crippen LogP contribution is -2.42. The van der Waals surface area contributed by atoms with Gasteiger partial charge in [0.2, 0.25) is 10.0 Å². The molecule has 1 aliphatic rings. The van der Waals surface area contributed by atoms with E-state index in [-0.39, 0.29) is 12.5 Å². The first kappa shape index (κ1) is 13.4. The van der Waals surface area contributed by atoms with Gasteiger partial charge in [-0.3, -0.25) is 4.79 Å². The Morgan fingerprint density at radius 3 is 2.69 bits per heavy atom. The van der Waals surface area contributed by atoms with Gasteiger partial charge in [0.15, 0.2) is 5.75 Å². The molecule has 1 rings (SSSR count). The summed E-state index contributed by atoms with van der Waals surface area (Å²) in [6, 6.07) is -0.422. The monoisotopic (exact) mass is 251 g/mol. The van der Waals surface area contributed by atoms with Gasteiger partial charge in [0.1, 0.15) is 0 Å². The number of carbonyl (C=O) groups excluding carboxylic acids is 1. The van der Waals surface area contributed by atoms with Crippen LogP contribution in [0.15, 0.2) is 0 Å². The van der Waals surface area contributed by atoms with Crippen LogP contribution >= 0.6 is 0 Å². The Labute approximate surface area is 95.2 Å². The van der Waals surface area contributed by atoms with Gasteiger partial charge in [0, 0.05) is 6.54 Å². The number of hydrogen-bond acceptors (Lipinski definition) is 5. The summed E-state index contributed by atoms with van der Waals surface area (Å²) in [5.74, 6) is -1.33. The second-order valence-corrected chi connectivity index (χ2v) is 5.88. The van der Waals surface area contributed by atoms with Gasteiger partial charge in [-0.1, -0.05) is 6.92 Å². The fourth-order valence-electron chi connectivity index (χ4n) is 1.88. The molecule has 1 fully saturated rings. The van der Waals surface area contributed by atoms with E-state index in [1.54, 1.807) is 0 Å². The summed E-state index contributed by atoms with van der Waals surface area (Å²) < 4.78 is 29.2. The minimum Gasteiger partial charge on any atom is -0.468 e. The van der Waals surface area contributed by atoms with E-state index in [2.05, 4.69) is 4.74 Å². The van der Waals surface area contributed by atoms with Gasteiger partial charge in [-0.25, -0.2) is 8.42 Å². The standard InChI is InChI=1S/C9H17NO5S/c1-7-3-4-10(8(7)5-11)16(13,14)6-9(12)15-2/h7-8,11H,3-6H2,1-2H3. The van der Waals surface area contributed by atoms with Crippen LogP contribution in [-0.4, -0.2) is 55.9 Å². The summed E-state index contributed by atoms with van der Waals surface area (Å²) in [5, 5.41) is 9.14. The molecule has 2 unspecified atom stereocenters. The second-order valence-electron chi connectivity index (χ2n) is 3.96. The van der Waals surface area contributed by atoms with E-state index in [4.69, 9.17) is 5.11 Å². The Kier molecular flexibility index (Phi) is 4.28. The molecule has 0 aromatic carbocycles. The number of rotatable bonds is 4. The molecule has 1 saturated heterocycles. The van der Waals surface area contributed by atoms with Gasteiger partial charge in [-0.05, 0) is 12.3 Å². The first-order valence-corrected chi connectivity index (χ1v) is 6.70. The molecule has 0 bridgehead atoms. The maximum atomic E-state index is 11.8. The van der Waals surface area contributed by atoms with Crippen LogP contribution < -0.4 is 0 Å². The smallest absolute Gasteiger partial charge is 0.322 e. The maximum Gasteiger partial charge on any atom is 0.322 e. The Balaban J connectivity index is 2.80. The van der Waals surface area contributed by atoms with E-state index in [1.807, 2.05) is 6.92 Å². The van der Waals surface area contributed by atoms with Crippen molar-refractivity contribution < 1.29 is 23.1 Å². The summed E-state index contributed by atoms with van der Waals surface area (Å²) in [4.78, 5) is 11.0. The van der Waals surface area contributed by atoms with Crippen LogP contribution in [0.4, 0.5) is 0 Å². The number of carbonyl (C=O) groups is 1. The number of aliphatic hydroxyl groups is 1. The van der Waals surface area contributed by atoms with Crippen LogP contribution in [0.2, 0.25) is 0 Å². The number of esters is 1. The van der Waals surface area contributed by atoms with Crippen molar-refractivity contribution in [2.75, 3.05) is 26.0 Å². The summed E-state index contributed by atoms with van der Waals surface area (Å²) in [5.41, 5.74) is 0. The molecule has 1 N–H and O–H groups in total. The third kappa shape index (κ3) is 2.72. The number of methoxy groups -OCH3 is 1. The zero-order valence-electron chi connectivity index (χ0n) is 9.42. The highest BCUT2D eigenvalue weighted by Gasteiger charge is 2.39.